The number of rotatable bonds is 8. The molecule has 2 heterocycles. The Bertz CT molecular complexity index is 598. The van der Waals surface area contributed by atoms with Gasteiger partial charge in [0.25, 0.3) is 0 Å². The van der Waals surface area contributed by atoms with Gasteiger partial charge in [-0.1, -0.05) is 0 Å². The van der Waals surface area contributed by atoms with Crippen molar-refractivity contribution >= 4 is 0 Å². The summed E-state index contributed by atoms with van der Waals surface area (Å²) in [5.41, 5.74) is 1.03. The molecule has 0 saturated carbocycles. The van der Waals surface area contributed by atoms with E-state index in [9.17, 15) is 15.3 Å². The van der Waals surface area contributed by atoms with Gasteiger partial charge in [-0.15, -0.1) is 0 Å². The smallest absolute Gasteiger partial charge is 0.124 e. The van der Waals surface area contributed by atoms with Crippen LogP contribution in [0.5, 0.6) is 11.5 Å². The van der Waals surface area contributed by atoms with Gasteiger partial charge in [0, 0.05) is 44.8 Å². The van der Waals surface area contributed by atoms with Crippen molar-refractivity contribution in [1.29, 1.82) is 0 Å². The zero-order valence-electron chi connectivity index (χ0n) is 16.8. The number of methoxy groups -OCH3 is 1. The molecule has 0 aliphatic carbocycles. The first-order chi connectivity index (χ1) is 13.5. The average Bonchev–Trinajstić information content (AvgIpc) is 2.70. The maximum Gasteiger partial charge on any atom is 0.124 e. The third-order valence-electron chi connectivity index (χ3n) is 5.68. The topological polar surface area (TPSA) is 85.6 Å². The molecule has 7 heteroatoms. The number of piperidine rings is 2. The van der Waals surface area contributed by atoms with Crippen LogP contribution in [-0.4, -0.2) is 89.9 Å². The lowest BCUT2D eigenvalue weighted by molar-refractivity contribution is 0.0333. The summed E-state index contributed by atoms with van der Waals surface area (Å²) in [7, 11) is 1.65. The largest absolute Gasteiger partial charge is 0.497 e. The molecular formula is C21H34N2O5. The van der Waals surface area contributed by atoms with Gasteiger partial charge < -0.3 is 29.7 Å². The molecule has 1 unspecified atom stereocenters. The van der Waals surface area contributed by atoms with Gasteiger partial charge in [0.05, 0.1) is 19.3 Å². The van der Waals surface area contributed by atoms with Crippen molar-refractivity contribution in [3.8, 4) is 11.5 Å². The normalized spacial score (nSPS) is 21.6. The lowest BCUT2D eigenvalue weighted by Gasteiger charge is -2.31. The number of aliphatic hydroxyl groups is 3. The van der Waals surface area contributed by atoms with Gasteiger partial charge in [-0.3, -0.25) is 4.90 Å². The van der Waals surface area contributed by atoms with E-state index in [-0.39, 0.29) is 18.8 Å². The average molecular weight is 395 g/mol. The number of nitrogens with zero attached hydrogens (tertiary/aromatic N) is 2. The third kappa shape index (κ3) is 6.32. The summed E-state index contributed by atoms with van der Waals surface area (Å²) >= 11 is 0. The molecule has 2 fully saturated rings. The highest BCUT2D eigenvalue weighted by molar-refractivity contribution is 5.40. The maximum atomic E-state index is 10.4. The Labute approximate surface area is 167 Å². The minimum absolute atomic E-state index is 0.191. The summed E-state index contributed by atoms with van der Waals surface area (Å²) in [6, 6.07) is 5.76. The molecule has 1 atom stereocenters. The molecule has 0 radical (unpaired) electrons. The van der Waals surface area contributed by atoms with E-state index in [1.54, 1.807) is 7.11 Å². The van der Waals surface area contributed by atoms with Gasteiger partial charge in [0.1, 0.15) is 24.2 Å². The molecule has 2 aliphatic rings. The fraction of sp³-hybridized carbons (Fsp3) is 0.714. The predicted molar refractivity (Wildman–Crippen MR) is 107 cm³/mol. The lowest BCUT2D eigenvalue weighted by Crippen LogP contribution is -2.41. The van der Waals surface area contributed by atoms with Gasteiger partial charge in [0.15, 0.2) is 0 Å². The molecule has 158 valence electrons. The van der Waals surface area contributed by atoms with E-state index in [4.69, 9.17) is 9.47 Å². The Morgan fingerprint density at radius 1 is 1.00 bits per heavy atom. The molecule has 2 aliphatic heterocycles. The number of benzene rings is 1. The molecule has 1 aromatic carbocycles. The van der Waals surface area contributed by atoms with Crippen molar-refractivity contribution in [3.05, 3.63) is 23.8 Å². The molecule has 3 N–H and O–H groups in total. The Morgan fingerprint density at radius 2 is 1.61 bits per heavy atom. The minimum atomic E-state index is -0.574. The first-order valence-corrected chi connectivity index (χ1v) is 10.3. The number of aliphatic hydroxyl groups excluding tert-OH is 3. The Balaban J connectivity index is 1.54. The first-order valence-electron chi connectivity index (χ1n) is 10.3. The van der Waals surface area contributed by atoms with E-state index in [1.807, 2.05) is 18.2 Å². The van der Waals surface area contributed by atoms with Crippen LogP contribution in [0.2, 0.25) is 0 Å². The van der Waals surface area contributed by atoms with Crippen LogP contribution in [0.4, 0.5) is 0 Å². The monoisotopic (exact) mass is 394 g/mol. The summed E-state index contributed by atoms with van der Waals surface area (Å²) in [6.07, 6.45) is 2.15. The molecule has 7 nitrogen and oxygen atoms in total. The fourth-order valence-electron chi connectivity index (χ4n) is 3.90. The summed E-state index contributed by atoms with van der Waals surface area (Å²) in [6.45, 7) is 4.88. The van der Waals surface area contributed by atoms with Crippen molar-refractivity contribution in [2.75, 3.05) is 46.4 Å². The number of hydrogen-bond donors (Lipinski definition) is 3. The van der Waals surface area contributed by atoms with Gasteiger partial charge in [-0.05, 0) is 43.9 Å². The van der Waals surface area contributed by atoms with Gasteiger partial charge in [-0.2, -0.15) is 0 Å². The van der Waals surface area contributed by atoms with Crippen LogP contribution >= 0.6 is 0 Å². The van der Waals surface area contributed by atoms with Crippen molar-refractivity contribution in [1.82, 2.24) is 9.80 Å². The molecule has 2 saturated heterocycles. The molecular weight excluding hydrogens is 360 g/mol. The number of likely N-dealkylation sites (tertiary alicyclic amines) is 2. The molecule has 0 bridgehead atoms. The Kier molecular flexibility index (Phi) is 7.93. The summed E-state index contributed by atoms with van der Waals surface area (Å²) in [5, 5.41) is 29.7. The quantitative estimate of drug-likeness (QED) is 0.603. The van der Waals surface area contributed by atoms with Gasteiger partial charge in [0.2, 0.25) is 0 Å². The second-order valence-corrected chi connectivity index (χ2v) is 7.98. The number of ether oxygens (including phenoxy) is 2. The zero-order chi connectivity index (χ0) is 19.9. The van der Waals surface area contributed by atoms with Crippen LogP contribution in [0.15, 0.2) is 18.2 Å². The number of hydrogen-bond acceptors (Lipinski definition) is 7. The SMILES string of the molecule is COc1ccc(OCC(O)CN2CCC(O)CC2)c(CN2CCC(O)CC2)c1. The first kappa shape index (κ1) is 21.3. The molecule has 0 spiro atoms. The highest BCUT2D eigenvalue weighted by atomic mass is 16.5. The van der Waals surface area contributed by atoms with Gasteiger partial charge in [-0.25, -0.2) is 0 Å². The van der Waals surface area contributed by atoms with E-state index in [2.05, 4.69) is 9.80 Å². The van der Waals surface area contributed by atoms with Crippen molar-refractivity contribution < 1.29 is 24.8 Å². The fourth-order valence-corrected chi connectivity index (χ4v) is 3.90. The Morgan fingerprint density at radius 3 is 2.21 bits per heavy atom. The van der Waals surface area contributed by atoms with Crippen LogP contribution < -0.4 is 9.47 Å². The van der Waals surface area contributed by atoms with Crippen LogP contribution in [-0.2, 0) is 6.54 Å². The van der Waals surface area contributed by atoms with Crippen LogP contribution in [0.3, 0.4) is 0 Å². The second kappa shape index (κ2) is 10.4. The molecule has 28 heavy (non-hydrogen) atoms. The third-order valence-corrected chi connectivity index (χ3v) is 5.68. The standard InChI is InChI=1S/C21H34N2O5/c1-27-20-2-3-21(16(12-20)13-22-8-4-17(24)5-9-22)28-15-19(26)14-23-10-6-18(25)7-11-23/h2-3,12,17-19,24-26H,4-11,13-15H2,1H3. The predicted octanol–water partition coefficient (Wildman–Crippen LogP) is 0.848. The molecule has 0 amide bonds. The van der Waals surface area contributed by atoms with Crippen molar-refractivity contribution in [2.24, 2.45) is 0 Å². The minimum Gasteiger partial charge on any atom is -0.497 e. The van der Waals surface area contributed by atoms with Crippen LogP contribution in [0.25, 0.3) is 0 Å². The lowest BCUT2D eigenvalue weighted by atomic mass is 10.1. The highest BCUT2D eigenvalue weighted by Crippen LogP contribution is 2.27. The molecule has 1 aromatic rings. The Hall–Kier alpha value is -1.38. The van der Waals surface area contributed by atoms with E-state index < -0.39 is 6.10 Å². The summed E-state index contributed by atoms with van der Waals surface area (Å²) < 4.78 is 11.3. The summed E-state index contributed by atoms with van der Waals surface area (Å²) in [5.74, 6) is 1.55. The van der Waals surface area contributed by atoms with E-state index >= 15 is 0 Å². The zero-order valence-corrected chi connectivity index (χ0v) is 16.8. The summed E-state index contributed by atoms with van der Waals surface area (Å²) in [4.78, 5) is 4.48. The van der Waals surface area contributed by atoms with E-state index in [1.165, 1.54) is 0 Å². The van der Waals surface area contributed by atoms with Crippen molar-refractivity contribution in [3.63, 3.8) is 0 Å². The molecule has 3 rings (SSSR count). The number of β-amino-alcohol motifs (C(OH)–C–C–N with tert-alkyl or cyclic N) is 1. The van der Waals surface area contributed by atoms with E-state index in [0.29, 0.717) is 6.54 Å². The van der Waals surface area contributed by atoms with Crippen molar-refractivity contribution in [2.45, 2.75) is 50.5 Å². The van der Waals surface area contributed by atoms with E-state index in [0.717, 1.165) is 75.5 Å². The van der Waals surface area contributed by atoms with Gasteiger partial charge >= 0.3 is 0 Å². The van der Waals surface area contributed by atoms with Crippen LogP contribution in [0, 0.1) is 0 Å². The molecule has 0 aromatic heterocycles. The second-order valence-electron chi connectivity index (χ2n) is 7.98. The van der Waals surface area contributed by atoms with Crippen LogP contribution in [0.1, 0.15) is 31.2 Å². The highest BCUT2D eigenvalue weighted by Gasteiger charge is 2.21. The maximum absolute atomic E-state index is 10.4.